The Balaban J connectivity index is 3.48. The zero-order valence-corrected chi connectivity index (χ0v) is 22.3. The third-order valence-electron chi connectivity index (χ3n) is 6.32. The molecule has 0 saturated carbocycles. The average molecular weight is 449 g/mol. The fraction of sp³-hybridized carbons (Fsp3) is 0.692. The molecule has 0 aliphatic heterocycles. The van der Waals surface area contributed by atoms with E-state index in [1.807, 2.05) is 6.92 Å². The third-order valence-corrected chi connectivity index (χ3v) is 10.6. The second-order valence-corrected chi connectivity index (χ2v) is 14.8. The Kier molecular flexibility index (Phi) is 10.5. The first-order valence-corrected chi connectivity index (χ1v) is 14.8. The molecule has 1 aromatic rings. The number of hydrogen-bond acceptors (Lipinski definition) is 4. The molecule has 1 unspecified atom stereocenters. The normalized spacial score (nSPS) is 13.1. The van der Waals surface area contributed by atoms with Gasteiger partial charge in [-0.25, -0.2) is 0 Å². The maximum absolute atomic E-state index is 12.6. The maximum Gasteiger partial charge on any atom is 0.316 e. The molecular weight excluding hydrogens is 404 g/mol. The molecule has 4 nitrogen and oxygen atoms in total. The highest BCUT2D eigenvalue weighted by Crippen LogP contribution is 2.40. The Morgan fingerprint density at radius 3 is 1.87 bits per heavy atom. The Labute approximate surface area is 191 Å². The number of carbonyl (C=O) groups is 2. The van der Waals surface area contributed by atoms with Crippen LogP contribution in [-0.4, -0.2) is 27.2 Å². The lowest BCUT2D eigenvalue weighted by molar-refractivity contribution is -0.149. The van der Waals surface area contributed by atoms with E-state index in [2.05, 4.69) is 59.8 Å². The minimum Gasteiger partial charge on any atom is -0.543 e. The molecule has 0 N–H and O–H groups in total. The smallest absolute Gasteiger partial charge is 0.316 e. The SMILES string of the molecule is CCCC(=O)C(Cc1cc(CCC)c(O[Si](C)(C)C(C)(C)C)c(CCC)c1)C(=O)OC. The van der Waals surface area contributed by atoms with E-state index in [1.54, 1.807) is 0 Å². The van der Waals surface area contributed by atoms with Gasteiger partial charge in [-0.15, -0.1) is 0 Å². The number of benzene rings is 1. The number of ether oxygens (including phenoxy) is 1. The number of esters is 1. The fourth-order valence-corrected chi connectivity index (χ4v) is 4.60. The van der Waals surface area contributed by atoms with E-state index in [9.17, 15) is 9.59 Å². The van der Waals surface area contributed by atoms with Gasteiger partial charge in [-0.3, -0.25) is 9.59 Å². The van der Waals surface area contributed by atoms with E-state index >= 15 is 0 Å². The van der Waals surface area contributed by atoms with E-state index in [4.69, 9.17) is 9.16 Å². The second kappa shape index (κ2) is 11.8. The molecule has 0 aliphatic carbocycles. The van der Waals surface area contributed by atoms with Gasteiger partial charge >= 0.3 is 5.97 Å². The third kappa shape index (κ3) is 7.48. The van der Waals surface area contributed by atoms with Crippen LogP contribution < -0.4 is 4.43 Å². The van der Waals surface area contributed by atoms with Crippen LogP contribution in [0.1, 0.15) is 83.9 Å². The van der Waals surface area contributed by atoms with Gasteiger partial charge in [0.25, 0.3) is 8.32 Å². The van der Waals surface area contributed by atoms with Crippen molar-refractivity contribution in [3.8, 4) is 5.75 Å². The monoisotopic (exact) mass is 448 g/mol. The molecule has 0 bridgehead atoms. The summed E-state index contributed by atoms with van der Waals surface area (Å²) in [5, 5.41) is 0.112. The molecule has 0 aromatic heterocycles. The van der Waals surface area contributed by atoms with Gasteiger partial charge in [-0.2, -0.15) is 0 Å². The molecule has 31 heavy (non-hydrogen) atoms. The van der Waals surface area contributed by atoms with Crippen LogP contribution >= 0.6 is 0 Å². The van der Waals surface area contributed by atoms with Gasteiger partial charge in [-0.05, 0) is 60.5 Å². The van der Waals surface area contributed by atoms with Crippen LogP contribution in [0.25, 0.3) is 0 Å². The molecule has 0 heterocycles. The summed E-state index contributed by atoms with van der Waals surface area (Å²) in [6, 6.07) is 4.31. The second-order valence-electron chi connectivity index (χ2n) is 10.1. The number of methoxy groups -OCH3 is 1. The summed E-state index contributed by atoms with van der Waals surface area (Å²) in [6.07, 6.45) is 5.37. The predicted octanol–water partition coefficient (Wildman–Crippen LogP) is 6.68. The molecule has 0 spiro atoms. The summed E-state index contributed by atoms with van der Waals surface area (Å²) < 4.78 is 11.8. The number of hydrogen-bond donors (Lipinski definition) is 0. The van der Waals surface area contributed by atoms with Crippen LogP contribution in [0.2, 0.25) is 18.1 Å². The van der Waals surface area contributed by atoms with Crippen molar-refractivity contribution in [3.05, 3.63) is 28.8 Å². The minimum atomic E-state index is -2.00. The van der Waals surface area contributed by atoms with Gasteiger partial charge in [0.2, 0.25) is 0 Å². The first kappa shape index (κ1) is 27.4. The standard InChI is InChI=1S/C26H44O4Si/c1-10-13-20-16-19(18-22(25(28)29-7)23(27)15-12-3)17-21(14-11-2)24(20)30-31(8,9)26(4,5)6/h16-17,22H,10-15,18H2,1-9H3. The largest absolute Gasteiger partial charge is 0.543 e. The van der Waals surface area contributed by atoms with Crippen molar-refractivity contribution in [2.45, 2.75) is 105 Å². The van der Waals surface area contributed by atoms with Gasteiger partial charge in [0, 0.05) is 6.42 Å². The van der Waals surface area contributed by atoms with Gasteiger partial charge in [0.05, 0.1) is 7.11 Å². The first-order chi connectivity index (χ1) is 14.4. The molecule has 176 valence electrons. The average Bonchev–Trinajstić information content (AvgIpc) is 2.67. The fourth-order valence-electron chi connectivity index (χ4n) is 3.52. The van der Waals surface area contributed by atoms with E-state index in [0.29, 0.717) is 12.8 Å². The molecule has 1 rings (SSSR count). The molecule has 0 aliphatic rings. The lowest BCUT2D eigenvalue weighted by Gasteiger charge is -2.38. The minimum absolute atomic E-state index is 0.0370. The summed E-state index contributed by atoms with van der Waals surface area (Å²) in [7, 11) is -0.640. The Morgan fingerprint density at radius 1 is 0.968 bits per heavy atom. The van der Waals surface area contributed by atoms with Crippen molar-refractivity contribution in [2.24, 2.45) is 5.92 Å². The van der Waals surface area contributed by atoms with Gasteiger partial charge < -0.3 is 9.16 Å². The molecule has 0 fully saturated rings. The zero-order valence-electron chi connectivity index (χ0n) is 21.3. The van der Waals surface area contributed by atoms with Crippen molar-refractivity contribution in [2.75, 3.05) is 7.11 Å². The summed E-state index contributed by atoms with van der Waals surface area (Å²) in [5.41, 5.74) is 3.41. The Morgan fingerprint density at radius 2 is 1.48 bits per heavy atom. The topological polar surface area (TPSA) is 52.6 Å². The van der Waals surface area contributed by atoms with Crippen LogP contribution in [-0.2, 0) is 33.6 Å². The Bertz CT molecular complexity index is 719. The molecule has 0 radical (unpaired) electrons. The van der Waals surface area contributed by atoms with E-state index in [1.165, 1.54) is 18.2 Å². The molecule has 1 aromatic carbocycles. The van der Waals surface area contributed by atoms with E-state index < -0.39 is 20.2 Å². The first-order valence-electron chi connectivity index (χ1n) is 11.9. The predicted molar refractivity (Wildman–Crippen MR) is 131 cm³/mol. The van der Waals surface area contributed by atoms with Crippen LogP contribution in [0.5, 0.6) is 5.75 Å². The van der Waals surface area contributed by atoms with Crippen LogP contribution in [0.3, 0.4) is 0 Å². The number of rotatable bonds is 12. The van der Waals surface area contributed by atoms with Crippen molar-refractivity contribution in [3.63, 3.8) is 0 Å². The highest BCUT2D eigenvalue weighted by atomic mass is 28.4. The molecular formula is C26H44O4Si. The highest BCUT2D eigenvalue weighted by molar-refractivity contribution is 6.74. The van der Waals surface area contributed by atoms with Gasteiger partial charge in [0.1, 0.15) is 17.5 Å². The Hall–Kier alpha value is -1.62. The number of Topliss-reactive ketones (excluding diaryl/α,β-unsaturated/α-hetero) is 1. The number of ketones is 1. The highest BCUT2D eigenvalue weighted by Gasteiger charge is 2.40. The van der Waals surface area contributed by atoms with Crippen molar-refractivity contribution in [1.29, 1.82) is 0 Å². The lowest BCUT2D eigenvalue weighted by atomic mass is 9.89. The number of aryl methyl sites for hydroxylation is 2. The van der Waals surface area contributed by atoms with Crippen molar-refractivity contribution >= 4 is 20.1 Å². The van der Waals surface area contributed by atoms with Gasteiger partial charge in [-0.1, -0.05) is 66.5 Å². The summed E-state index contributed by atoms with van der Waals surface area (Å²) in [5.74, 6) is -0.172. The lowest BCUT2D eigenvalue weighted by Crippen LogP contribution is -2.44. The van der Waals surface area contributed by atoms with Gasteiger partial charge in [0.15, 0.2) is 0 Å². The summed E-state index contributed by atoms with van der Waals surface area (Å²) in [6.45, 7) is 17.6. The molecule has 0 saturated heterocycles. The van der Waals surface area contributed by atoms with E-state index in [-0.39, 0.29) is 10.8 Å². The molecule has 5 heteroatoms. The molecule has 0 amide bonds. The maximum atomic E-state index is 12.6. The number of carbonyl (C=O) groups excluding carboxylic acids is 2. The molecule has 1 atom stereocenters. The van der Waals surface area contributed by atoms with Crippen LogP contribution in [0, 0.1) is 5.92 Å². The quantitative estimate of drug-likeness (QED) is 0.203. The van der Waals surface area contributed by atoms with Crippen molar-refractivity contribution in [1.82, 2.24) is 0 Å². The van der Waals surface area contributed by atoms with Crippen LogP contribution in [0.4, 0.5) is 0 Å². The zero-order chi connectivity index (χ0) is 23.8. The summed E-state index contributed by atoms with van der Waals surface area (Å²) >= 11 is 0. The summed E-state index contributed by atoms with van der Waals surface area (Å²) in [4.78, 5) is 25.0. The van der Waals surface area contributed by atoms with Crippen LogP contribution in [0.15, 0.2) is 12.1 Å². The van der Waals surface area contributed by atoms with E-state index in [0.717, 1.165) is 43.4 Å². The van der Waals surface area contributed by atoms with Crippen molar-refractivity contribution < 1.29 is 18.8 Å².